The quantitative estimate of drug-likeness (QED) is 0.836. The van der Waals surface area contributed by atoms with Gasteiger partial charge in [0.05, 0.1) is 5.56 Å². The third kappa shape index (κ3) is 3.26. The molecule has 0 amide bonds. The fourth-order valence-corrected chi connectivity index (χ4v) is 2.63. The average molecular weight is 284 g/mol. The fraction of sp³-hybridized carbons (Fsp3) is 0.600. The van der Waals surface area contributed by atoms with Crippen LogP contribution in [0, 0.1) is 5.92 Å². The first-order chi connectivity index (χ1) is 9.43. The van der Waals surface area contributed by atoms with Crippen molar-refractivity contribution in [1.29, 1.82) is 0 Å². The normalized spacial score (nSPS) is 19.6. The van der Waals surface area contributed by atoms with E-state index in [1.165, 1.54) is 18.9 Å². The van der Waals surface area contributed by atoms with Crippen molar-refractivity contribution in [2.24, 2.45) is 5.92 Å². The Morgan fingerprint density at radius 2 is 1.85 bits per heavy atom. The second-order valence-corrected chi connectivity index (χ2v) is 6.02. The molecule has 0 saturated heterocycles. The van der Waals surface area contributed by atoms with E-state index in [-0.39, 0.29) is 5.69 Å². The Labute approximate surface area is 116 Å². The summed E-state index contributed by atoms with van der Waals surface area (Å²) in [6, 6.07) is 4.62. The summed E-state index contributed by atoms with van der Waals surface area (Å²) < 4.78 is 39.3. The van der Waals surface area contributed by atoms with Gasteiger partial charge in [0.25, 0.3) is 0 Å². The summed E-state index contributed by atoms with van der Waals surface area (Å²) in [5.74, 6) is 0.693. The van der Waals surface area contributed by atoms with Crippen LogP contribution in [-0.4, -0.2) is 17.5 Å². The van der Waals surface area contributed by atoms with Crippen LogP contribution in [0.2, 0.25) is 0 Å². The van der Waals surface area contributed by atoms with Gasteiger partial charge in [-0.05, 0) is 49.3 Å². The molecular formula is C15H19F3N2. The second-order valence-electron chi connectivity index (χ2n) is 6.02. The Hall–Kier alpha value is -1.23. The van der Waals surface area contributed by atoms with E-state index < -0.39 is 11.7 Å². The molecular weight excluding hydrogens is 265 g/mol. The first kappa shape index (κ1) is 13.7. The highest BCUT2D eigenvalue weighted by atomic mass is 19.4. The van der Waals surface area contributed by atoms with Crippen LogP contribution < -0.4 is 5.73 Å². The number of nitrogen functional groups attached to an aromatic ring is 1. The molecule has 0 spiro atoms. The Balaban J connectivity index is 1.81. The van der Waals surface area contributed by atoms with Gasteiger partial charge < -0.3 is 5.73 Å². The second kappa shape index (κ2) is 4.95. The molecule has 2 aliphatic carbocycles. The third-order valence-electron chi connectivity index (χ3n) is 4.07. The maximum atomic E-state index is 13.1. The van der Waals surface area contributed by atoms with Gasteiger partial charge in [0, 0.05) is 24.8 Å². The molecule has 110 valence electrons. The highest BCUT2D eigenvalue weighted by Crippen LogP contribution is 2.38. The number of anilines is 1. The largest absolute Gasteiger partial charge is 0.416 e. The van der Waals surface area contributed by atoms with Gasteiger partial charge in [-0.25, -0.2) is 0 Å². The van der Waals surface area contributed by atoms with E-state index in [2.05, 4.69) is 4.90 Å². The first-order valence-corrected chi connectivity index (χ1v) is 7.13. The van der Waals surface area contributed by atoms with Crippen molar-refractivity contribution in [3.8, 4) is 0 Å². The van der Waals surface area contributed by atoms with Crippen LogP contribution in [0.5, 0.6) is 0 Å². The molecule has 2 fully saturated rings. The van der Waals surface area contributed by atoms with Crippen molar-refractivity contribution < 1.29 is 13.2 Å². The minimum atomic E-state index is -4.33. The van der Waals surface area contributed by atoms with E-state index in [0.717, 1.165) is 25.5 Å². The molecule has 0 bridgehead atoms. The zero-order valence-corrected chi connectivity index (χ0v) is 11.3. The predicted molar refractivity (Wildman–Crippen MR) is 72.0 cm³/mol. The van der Waals surface area contributed by atoms with Crippen LogP contribution in [0.3, 0.4) is 0 Å². The van der Waals surface area contributed by atoms with Crippen LogP contribution in [-0.2, 0) is 12.7 Å². The van der Waals surface area contributed by atoms with Crippen molar-refractivity contribution in [1.82, 2.24) is 4.90 Å². The lowest BCUT2D eigenvalue weighted by atomic mass is 10.1. The molecule has 2 N–H and O–H groups in total. The van der Waals surface area contributed by atoms with E-state index in [9.17, 15) is 13.2 Å². The van der Waals surface area contributed by atoms with Gasteiger partial charge in [-0.15, -0.1) is 0 Å². The van der Waals surface area contributed by atoms with Crippen molar-refractivity contribution in [2.75, 3.05) is 12.3 Å². The van der Waals surface area contributed by atoms with E-state index in [4.69, 9.17) is 5.73 Å². The summed E-state index contributed by atoms with van der Waals surface area (Å²) in [5, 5.41) is 0. The highest BCUT2D eigenvalue weighted by Gasteiger charge is 2.37. The Morgan fingerprint density at radius 3 is 2.40 bits per heavy atom. The lowest BCUT2D eigenvalue weighted by molar-refractivity contribution is -0.138. The molecule has 0 aromatic heterocycles. The lowest BCUT2D eigenvalue weighted by Gasteiger charge is -2.24. The molecule has 20 heavy (non-hydrogen) atoms. The van der Waals surface area contributed by atoms with Gasteiger partial charge in [-0.3, -0.25) is 4.90 Å². The van der Waals surface area contributed by atoms with Gasteiger partial charge in [-0.1, -0.05) is 6.07 Å². The average Bonchev–Trinajstić information content (AvgIpc) is 3.23. The van der Waals surface area contributed by atoms with E-state index >= 15 is 0 Å². The summed E-state index contributed by atoms with van der Waals surface area (Å²) >= 11 is 0. The minimum Gasteiger partial charge on any atom is -0.399 e. The number of alkyl halides is 3. The third-order valence-corrected chi connectivity index (χ3v) is 4.07. The molecule has 2 aliphatic rings. The zero-order valence-electron chi connectivity index (χ0n) is 11.3. The maximum absolute atomic E-state index is 13.1. The number of hydrogen-bond donors (Lipinski definition) is 1. The standard InChI is InChI=1S/C15H19F3N2/c16-15(17,18)14-7-12(19)4-3-11(14)9-20(13-5-6-13)8-10-1-2-10/h3-4,7,10,13H,1-2,5-6,8-9,19H2. The van der Waals surface area contributed by atoms with Crippen LogP contribution in [0.1, 0.15) is 36.8 Å². The monoisotopic (exact) mass is 284 g/mol. The number of nitrogens with two attached hydrogens (primary N) is 1. The van der Waals surface area contributed by atoms with Crippen LogP contribution in [0.4, 0.5) is 18.9 Å². The van der Waals surface area contributed by atoms with Crippen molar-refractivity contribution in [2.45, 2.75) is 44.4 Å². The number of rotatable bonds is 5. The fourth-order valence-electron chi connectivity index (χ4n) is 2.63. The molecule has 0 heterocycles. The summed E-state index contributed by atoms with van der Waals surface area (Å²) in [6.45, 7) is 1.32. The molecule has 3 rings (SSSR count). The van der Waals surface area contributed by atoms with Crippen molar-refractivity contribution >= 4 is 5.69 Å². The number of benzene rings is 1. The Bertz CT molecular complexity index is 490. The SMILES string of the molecule is Nc1ccc(CN(CC2CC2)C2CC2)c(C(F)(F)F)c1. The maximum Gasteiger partial charge on any atom is 0.416 e. The van der Waals surface area contributed by atoms with Gasteiger partial charge in [0.2, 0.25) is 0 Å². The van der Waals surface area contributed by atoms with E-state index in [1.54, 1.807) is 6.07 Å². The zero-order chi connectivity index (χ0) is 14.3. The van der Waals surface area contributed by atoms with Gasteiger partial charge in [0.1, 0.15) is 0 Å². The van der Waals surface area contributed by atoms with Crippen LogP contribution >= 0.6 is 0 Å². The van der Waals surface area contributed by atoms with Crippen LogP contribution in [0.25, 0.3) is 0 Å². The topological polar surface area (TPSA) is 29.3 Å². The molecule has 0 atom stereocenters. The summed E-state index contributed by atoms with van der Waals surface area (Å²) in [4.78, 5) is 2.22. The van der Waals surface area contributed by atoms with Gasteiger partial charge in [0.15, 0.2) is 0 Å². The Kier molecular flexibility index (Phi) is 3.40. The number of nitrogens with zero attached hydrogens (tertiary/aromatic N) is 1. The molecule has 1 aromatic rings. The molecule has 2 saturated carbocycles. The summed E-state index contributed by atoms with van der Waals surface area (Å²) in [7, 11) is 0. The van der Waals surface area contributed by atoms with Gasteiger partial charge >= 0.3 is 6.18 Å². The number of hydrogen-bond acceptors (Lipinski definition) is 2. The molecule has 0 radical (unpaired) electrons. The smallest absolute Gasteiger partial charge is 0.399 e. The minimum absolute atomic E-state index is 0.168. The Morgan fingerprint density at radius 1 is 1.15 bits per heavy atom. The van der Waals surface area contributed by atoms with Crippen molar-refractivity contribution in [3.63, 3.8) is 0 Å². The lowest BCUT2D eigenvalue weighted by Crippen LogP contribution is -2.29. The van der Waals surface area contributed by atoms with Crippen molar-refractivity contribution in [3.05, 3.63) is 29.3 Å². The van der Waals surface area contributed by atoms with E-state index in [0.29, 0.717) is 24.1 Å². The van der Waals surface area contributed by atoms with Gasteiger partial charge in [-0.2, -0.15) is 13.2 Å². The van der Waals surface area contributed by atoms with E-state index in [1.807, 2.05) is 0 Å². The highest BCUT2D eigenvalue weighted by molar-refractivity contribution is 5.46. The molecule has 1 aromatic carbocycles. The molecule has 2 nitrogen and oxygen atoms in total. The van der Waals surface area contributed by atoms with Crippen LogP contribution in [0.15, 0.2) is 18.2 Å². The first-order valence-electron chi connectivity index (χ1n) is 7.13. The molecule has 0 unspecified atom stereocenters. The summed E-state index contributed by atoms with van der Waals surface area (Å²) in [6.07, 6.45) is 0.333. The molecule has 0 aliphatic heterocycles. The predicted octanol–water partition coefficient (Wildman–Crippen LogP) is 3.66. The molecule has 5 heteroatoms. The number of halogens is 3. The summed E-state index contributed by atoms with van der Waals surface area (Å²) in [5.41, 5.74) is 5.43.